The zero-order chi connectivity index (χ0) is 19.9. The standard InChI is InChI=1S/C22H25N3O3/c1-24-13-15-25(16-14-24)20-10-8-19(9-11-20)23-21(26)12-5-17-3-6-18(7-4-17)22(27)28-2/h3-12H,13-16H2,1-2H3,(H,23,26). The van der Waals surface area contributed by atoms with Gasteiger partial charge in [0.05, 0.1) is 12.7 Å². The van der Waals surface area contributed by atoms with Gasteiger partial charge in [0.25, 0.3) is 0 Å². The van der Waals surface area contributed by atoms with Crippen LogP contribution in [0.3, 0.4) is 0 Å². The molecule has 0 aromatic heterocycles. The van der Waals surface area contributed by atoms with Crippen LogP contribution < -0.4 is 10.2 Å². The van der Waals surface area contributed by atoms with Gasteiger partial charge in [-0.1, -0.05) is 12.1 Å². The molecule has 1 aliphatic rings. The molecular weight excluding hydrogens is 354 g/mol. The summed E-state index contributed by atoms with van der Waals surface area (Å²) in [4.78, 5) is 28.2. The quantitative estimate of drug-likeness (QED) is 0.639. The predicted molar refractivity (Wildman–Crippen MR) is 112 cm³/mol. The molecule has 0 unspecified atom stereocenters. The van der Waals surface area contributed by atoms with Crippen LogP contribution >= 0.6 is 0 Å². The first-order chi connectivity index (χ1) is 13.5. The molecule has 2 aromatic rings. The normalized spacial score (nSPS) is 14.9. The molecule has 1 amide bonds. The van der Waals surface area contributed by atoms with Gasteiger partial charge in [-0.15, -0.1) is 0 Å². The molecule has 0 radical (unpaired) electrons. The van der Waals surface area contributed by atoms with Crippen LogP contribution in [0.25, 0.3) is 6.08 Å². The summed E-state index contributed by atoms with van der Waals surface area (Å²) in [5.41, 5.74) is 3.23. The smallest absolute Gasteiger partial charge is 0.337 e. The number of benzene rings is 2. The van der Waals surface area contributed by atoms with Crippen molar-refractivity contribution < 1.29 is 14.3 Å². The lowest BCUT2D eigenvalue weighted by atomic mass is 10.1. The van der Waals surface area contributed by atoms with Gasteiger partial charge in [0.15, 0.2) is 0 Å². The van der Waals surface area contributed by atoms with Gasteiger partial charge in [0.2, 0.25) is 5.91 Å². The van der Waals surface area contributed by atoms with E-state index in [2.05, 4.69) is 26.9 Å². The number of carbonyl (C=O) groups is 2. The minimum Gasteiger partial charge on any atom is -0.465 e. The molecule has 1 N–H and O–H groups in total. The zero-order valence-corrected chi connectivity index (χ0v) is 16.2. The van der Waals surface area contributed by atoms with Crippen molar-refractivity contribution >= 4 is 29.3 Å². The van der Waals surface area contributed by atoms with Crippen LogP contribution in [-0.4, -0.2) is 57.1 Å². The summed E-state index contributed by atoms with van der Waals surface area (Å²) in [5.74, 6) is -0.585. The average molecular weight is 379 g/mol. The molecule has 0 aliphatic carbocycles. The summed E-state index contributed by atoms with van der Waals surface area (Å²) in [6.07, 6.45) is 3.18. The van der Waals surface area contributed by atoms with Crippen LogP contribution in [0.1, 0.15) is 15.9 Å². The van der Waals surface area contributed by atoms with Gasteiger partial charge in [0, 0.05) is 43.6 Å². The van der Waals surface area contributed by atoms with Gasteiger partial charge in [0.1, 0.15) is 0 Å². The topological polar surface area (TPSA) is 61.9 Å². The highest BCUT2D eigenvalue weighted by Gasteiger charge is 2.14. The Labute approximate surface area is 165 Å². The number of esters is 1. The molecule has 0 saturated carbocycles. The summed E-state index contributed by atoms with van der Waals surface area (Å²) in [6, 6.07) is 14.8. The molecule has 0 spiro atoms. The first-order valence-corrected chi connectivity index (χ1v) is 9.26. The number of amides is 1. The molecule has 0 atom stereocenters. The van der Waals surface area contributed by atoms with Crippen molar-refractivity contribution in [2.45, 2.75) is 0 Å². The van der Waals surface area contributed by atoms with Crippen LogP contribution in [-0.2, 0) is 9.53 Å². The molecule has 2 aromatic carbocycles. The van der Waals surface area contributed by atoms with E-state index in [0.29, 0.717) is 5.56 Å². The van der Waals surface area contributed by atoms with E-state index in [1.54, 1.807) is 30.3 Å². The summed E-state index contributed by atoms with van der Waals surface area (Å²) < 4.78 is 4.67. The van der Waals surface area contributed by atoms with E-state index in [9.17, 15) is 9.59 Å². The van der Waals surface area contributed by atoms with Gasteiger partial charge >= 0.3 is 5.97 Å². The molecule has 6 nitrogen and oxygen atoms in total. The van der Waals surface area contributed by atoms with Crippen molar-refractivity contribution in [3.8, 4) is 0 Å². The lowest BCUT2D eigenvalue weighted by molar-refractivity contribution is -0.111. The number of nitrogens with one attached hydrogen (secondary N) is 1. The minimum atomic E-state index is -0.381. The van der Waals surface area contributed by atoms with Crippen molar-refractivity contribution in [1.29, 1.82) is 0 Å². The van der Waals surface area contributed by atoms with Crippen molar-refractivity contribution in [3.05, 3.63) is 65.7 Å². The van der Waals surface area contributed by atoms with Crippen LogP contribution in [0.15, 0.2) is 54.6 Å². The Morgan fingerprint density at radius 3 is 2.21 bits per heavy atom. The molecule has 1 heterocycles. The molecule has 1 fully saturated rings. The Morgan fingerprint density at radius 1 is 0.964 bits per heavy atom. The molecular formula is C22H25N3O3. The second-order valence-electron chi connectivity index (χ2n) is 6.77. The lowest BCUT2D eigenvalue weighted by Gasteiger charge is -2.34. The molecule has 1 aliphatic heterocycles. The SMILES string of the molecule is COC(=O)c1ccc(C=CC(=O)Nc2ccc(N3CCN(C)CC3)cc2)cc1. The highest BCUT2D eigenvalue weighted by atomic mass is 16.5. The van der Waals surface area contributed by atoms with Crippen LogP contribution in [0.4, 0.5) is 11.4 Å². The van der Waals surface area contributed by atoms with Gasteiger partial charge < -0.3 is 19.9 Å². The summed E-state index contributed by atoms with van der Waals surface area (Å²) >= 11 is 0. The third-order valence-electron chi connectivity index (χ3n) is 4.76. The first-order valence-electron chi connectivity index (χ1n) is 9.26. The van der Waals surface area contributed by atoms with E-state index in [0.717, 1.165) is 37.4 Å². The van der Waals surface area contributed by atoms with E-state index < -0.39 is 0 Å². The zero-order valence-electron chi connectivity index (χ0n) is 16.2. The Bertz CT molecular complexity index is 836. The minimum absolute atomic E-state index is 0.204. The summed E-state index contributed by atoms with van der Waals surface area (Å²) in [6.45, 7) is 4.15. The number of anilines is 2. The number of hydrogen-bond acceptors (Lipinski definition) is 5. The van der Waals surface area contributed by atoms with Crippen molar-refractivity contribution in [1.82, 2.24) is 4.90 Å². The largest absolute Gasteiger partial charge is 0.465 e. The van der Waals surface area contributed by atoms with Crippen molar-refractivity contribution in [3.63, 3.8) is 0 Å². The second-order valence-corrected chi connectivity index (χ2v) is 6.77. The number of nitrogens with zero attached hydrogens (tertiary/aromatic N) is 2. The van der Waals surface area contributed by atoms with Gasteiger partial charge in [-0.3, -0.25) is 4.79 Å². The van der Waals surface area contributed by atoms with Crippen LogP contribution in [0, 0.1) is 0 Å². The van der Waals surface area contributed by atoms with E-state index >= 15 is 0 Å². The average Bonchev–Trinajstić information content (AvgIpc) is 2.73. The Morgan fingerprint density at radius 2 is 1.61 bits per heavy atom. The first kappa shape index (κ1) is 19.6. The number of likely N-dealkylation sites (N-methyl/N-ethyl adjacent to an activating group) is 1. The summed E-state index contributed by atoms with van der Waals surface area (Å²) in [5, 5.41) is 2.86. The fraction of sp³-hybridized carbons (Fsp3) is 0.273. The highest BCUT2D eigenvalue weighted by Crippen LogP contribution is 2.19. The van der Waals surface area contributed by atoms with Crippen LogP contribution in [0.2, 0.25) is 0 Å². The maximum Gasteiger partial charge on any atom is 0.337 e. The predicted octanol–water partition coefficient (Wildman–Crippen LogP) is 2.88. The molecule has 3 rings (SSSR count). The van der Waals surface area contributed by atoms with Crippen molar-refractivity contribution in [2.75, 3.05) is 50.6 Å². The maximum absolute atomic E-state index is 12.1. The van der Waals surface area contributed by atoms with E-state index in [-0.39, 0.29) is 11.9 Å². The lowest BCUT2D eigenvalue weighted by Crippen LogP contribution is -2.44. The Kier molecular flexibility index (Phi) is 6.45. The maximum atomic E-state index is 12.1. The number of rotatable bonds is 5. The molecule has 0 bridgehead atoms. The third kappa shape index (κ3) is 5.20. The Hall–Kier alpha value is -3.12. The van der Waals surface area contributed by atoms with E-state index in [1.807, 2.05) is 24.3 Å². The number of hydrogen-bond donors (Lipinski definition) is 1. The van der Waals surface area contributed by atoms with Crippen LogP contribution in [0.5, 0.6) is 0 Å². The molecule has 1 saturated heterocycles. The molecule has 6 heteroatoms. The molecule has 146 valence electrons. The highest BCUT2D eigenvalue weighted by molar-refractivity contribution is 6.02. The molecule has 28 heavy (non-hydrogen) atoms. The fourth-order valence-electron chi connectivity index (χ4n) is 3.02. The Balaban J connectivity index is 1.54. The van der Waals surface area contributed by atoms with Gasteiger partial charge in [-0.25, -0.2) is 4.79 Å². The number of ether oxygens (including phenoxy) is 1. The number of carbonyl (C=O) groups excluding carboxylic acids is 2. The monoisotopic (exact) mass is 379 g/mol. The second kappa shape index (κ2) is 9.19. The number of methoxy groups -OCH3 is 1. The van der Waals surface area contributed by atoms with E-state index in [1.165, 1.54) is 18.9 Å². The van der Waals surface area contributed by atoms with E-state index in [4.69, 9.17) is 0 Å². The fourth-order valence-corrected chi connectivity index (χ4v) is 3.02. The van der Waals surface area contributed by atoms with Crippen molar-refractivity contribution in [2.24, 2.45) is 0 Å². The number of piperazine rings is 1. The van der Waals surface area contributed by atoms with Gasteiger partial charge in [-0.05, 0) is 55.1 Å². The van der Waals surface area contributed by atoms with Gasteiger partial charge in [-0.2, -0.15) is 0 Å². The summed E-state index contributed by atoms with van der Waals surface area (Å²) in [7, 11) is 3.48. The third-order valence-corrected chi connectivity index (χ3v) is 4.76.